The molecule has 136 valence electrons. The summed E-state index contributed by atoms with van der Waals surface area (Å²) in [6, 6.07) is 8.29. The fourth-order valence-electron chi connectivity index (χ4n) is 2.22. The predicted octanol–water partition coefficient (Wildman–Crippen LogP) is 2.24. The molecule has 0 aliphatic heterocycles. The van der Waals surface area contributed by atoms with Gasteiger partial charge in [-0.1, -0.05) is 44.2 Å². The number of amides is 1. The van der Waals surface area contributed by atoms with Crippen LogP contribution in [0.3, 0.4) is 0 Å². The number of carboxylic acid groups (broad SMARTS) is 1. The van der Waals surface area contributed by atoms with Gasteiger partial charge in [-0.2, -0.15) is 0 Å². The molecule has 0 radical (unpaired) electrons. The molecule has 0 aliphatic rings. The molecule has 0 spiro atoms. The molecular weight excluding hydrogens is 335 g/mol. The largest absolute Gasteiger partial charge is 0.469 e. The number of nitrogens with one attached hydrogen (secondary N) is 1. The third-order valence-corrected chi connectivity index (χ3v) is 3.95. The number of hydrazine groups is 1. The Morgan fingerprint density at radius 1 is 1.25 bits per heavy atom. The van der Waals surface area contributed by atoms with Gasteiger partial charge in [0.25, 0.3) is 0 Å². The van der Waals surface area contributed by atoms with Gasteiger partial charge < -0.3 is 14.9 Å². The van der Waals surface area contributed by atoms with Crippen molar-refractivity contribution < 1.29 is 28.8 Å². The summed E-state index contributed by atoms with van der Waals surface area (Å²) in [7, 11) is -4.74. The zero-order chi connectivity index (χ0) is 18.3. The highest BCUT2D eigenvalue weighted by Gasteiger charge is 2.33. The highest BCUT2D eigenvalue weighted by Crippen LogP contribution is 2.39. The van der Waals surface area contributed by atoms with Crippen molar-refractivity contribution in [3.05, 3.63) is 35.9 Å². The number of phosphoric ester groups is 1. The van der Waals surface area contributed by atoms with Crippen molar-refractivity contribution in [2.24, 2.45) is 5.92 Å². The first-order valence-corrected chi connectivity index (χ1v) is 9.16. The van der Waals surface area contributed by atoms with E-state index in [1.807, 2.05) is 44.2 Å². The third-order valence-electron chi connectivity index (χ3n) is 3.34. The lowest BCUT2D eigenvalue weighted by Gasteiger charge is -2.34. The van der Waals surface area contributed by atoms with Crippen LogP contribution in [0.4, 0.5) is 4.79 Å². The molecule has 0 aromatic heterocycles. The molecule has 24 heavy (non-hydrogen) atoms. The van der Waals surface area contributed by atoms with E-state index in [9.17, 15) is 14.5 Å². The average Bonchev–Trinajstić information content (AvgIpc) is 2.44. The summed E-state index contributed by atoms with van der Waals surface area (Å²) in [5.74, 6) is 0.197. The van der Waals surface area contributed by atoms with Crippen molar-refractivity contribution >= 4 is 13.9 Å². The van der Waals surface area contributed by atoms with Crippen LogP contribution in [0.25, 0.3) is 0 Å². The lowest BCUT2D eigenvalue weighted by molar-refractivity contribution is 0.0262. The van der Waals surface area contributed by atoms with Crippen LogP contribution in [0, 0.1) is 5.92 Å². The summed E-state index contributed by atoms with van der Waals surface area (Å²) >= 11 is 0. The van der Waals surface area contributed by atoms with Gasteiger partial charge in [0, 0.05) is 6.54 Å². The molecule has 1 amide bonds. The maximum absolute atomic E-state index is 11.6. The lowest BCUT2D eigenvalue weighted by Crippen LogP contribution is -2.55. The van der Waals surface area contributed by atoms with Gasteiger partial charge in [-0.25, -0.2) is 19.8 Å². The summed E-state index contributed by atoms with van der Waals surface area (Å²) in [6.07, 6.45) is -2.00. The van der Waals surface area contributed by atoms with Crippen molar-refractivity contribution in [3.63, 3.8) is 0 Å². The van der Waals surface area contributed by atoms with Crippen LogP contribution in [0.2, 0.25) is 0 Å². The second-order valence-electron chi connectivity index (χ2n) is 5.97. The summed E-state index contributed by atoms with van der Waals surface area (Å²) in [4.78, 5) is 29.7. The van der Waals surface area contributed by atoms with E-state index in [1.54, 1.807) is 0 Å². The number of rotatable bonds is 9. The predicted molar refractivity (Wildman–Crippen MR) is 89.2 cm³/mol. The minimum absolute atomic E-state index is 0.197. The zero-order valence-electron chi connectivity index (χ0n) is 14.0. The van der Waals surface area contributed by atoms with E-state index in [-0.39, 0.29) is 12.3 Å². The van der Waals surface area contributed by atoms with Crippen LogP contribution >= 0.6 is 7.82 Å². The first kappa shape index (κ1) is 20.6. The Bertz CT molecular complexity index is 562. The van der Waals surface area contributed by atoms with Gasteiger partial charge in [-0.15, -0.1) is 0 Å². The van der Waals surface area contributed by atoms with Crippen LogP contribution in [0.1, 0.15) is 26.3 Å². The van der Waals surface area contributed by atoms with Gasteiger partial charge in [-0.05, 0) is 24.8 Å². The molecule has 1 aromatic rings. The number of hydrogen-bond donors (Lipinski definition) is 4. The molecule has 0 saturated carbocycles. The highest BCUT2D eigenvalue weighted by molar-refractivity contribution is 7.46. The quantitative estimate of drug-likeness (QED) is 0.394. The van der Waals surface area contributed by atoms with E-state index in [1.165, 1.54) is 6.92 Å². The Morgan fingerprint density at radius 3 is 2.29 bits per heavy atom. The van der Waals surface area contributed by atoms with Crippen molar-refractivity contribution in [1.82, 2.24) is 10.4 Å². The van der Waals surface area contributed by atoms with E-state index in [2.05, 4.69) is 5.43 Å². The second-order valence-corrected chi connectivity index (χ2v) is 7.16. The van der Waals surface area contributed by atoms with Crippen LogP contribution in [-0.2, 0) is 15.5 Å². The van der Waals surface area contributed by atoms with Gasteiger partial charge in [0.15, 0.2) is 0 Å². The van der Waals surface area contributed by atoms with Gasteiger partial charge in [0.05, 0.1) is 12.1 Å². The summed E-state index contributed by atoms with van der Waals surface area (Å²) < 4.78 is 15.9. The van der Waals surface area contributed by atoms with Gasteiger partial charge in [0.2, 0.25) is 0 Å². The molecule has 0 bridgehead atoms. The Morgan fingerprint density at radius 2 is 1.83 bits per heavy atom. The first-order valence-electron chi connectivity index (χ1n) is 7.63. The van der Waals surface area contributed by atoms with E-state index in [4.69, 9.17) is 14.3 Å². The maximum atomic E-state index is 11.6. The normalized spacial score (nSPS) is 14.4. The molecule has 9 heteroatoms. The van der Waals surface area contributed by atoms with Gasteiger partial charge in [-0.3, -0.25) is 4.52 Å². The number of benzene rings is 1. The van der Waals surface area contributed by atoms with Gasteiger partial charge >= 0.3 is 13.9 Å². The van der Waals surface area contributed by atoms with Crippen LogP contribution in [0.5, 0.6) is 0 Å². The smallest absolute Gasteiger partial charge is 0.464 e. The van der Waals surface area contributed by atoms with E-state index >= 15 is 0 Å². The average molecular weight is 360 g/mol. The van der Waals surface area contributed by atoms with E-state index in [0.717, 1.165) is 10.6 Å². The zero-order valence-corrected chi connectivity index (χ0v) is 14.9. The monoisotopic (exact) mass is 360 g/mol. The minimum atomic E-state index is -4.74. The minimum Gasteiger partial charge on any atom is -0.464 e. The van der Waals surface area contributed by atoms with Crippen molar-refractivity contribution in [3.8, 4) is 0 Å². The molecule has 0 saturated heterocycles. The Kier molecular flexibility index (Phi) is 7.86. The topological polar surface area (TPSA) is 119 Å². The number of hydrogen-bond acceptors (Lipinski definition) is 4. The second kappa shape index (κ2) is 9.15. The van der Waals surface area contributed by atoms with Gasteiger partial charge in [0.1, 0.15) is 0 Å². The standard InChI is InChI=1S/C15H25N2O6P/c1-11(2)10-16-17(15(18)19)14(12(3)23-24(20,21)22)9-13-7-5-4-6-8-13/h4-8,11-12,14,16H,9-10H2,1-3H3,(H,18,19)(H2,20,21,22). The molecule has 0 fully saturated rings. The maximum Gasteiger partial charge on any atom is 0.469 e. The molecule has 0 aliphatic carbocycles. The molecule has 4 N–H and O–H groups in total. The Hall–Kier alpha value is -1.44. The fraction of sp³-hybridized carbons (Fsp3) is 0.533. The Balaban J connectivity index is 3.03. The number of carbonyl (C=O) groups is 1. The number of nitrogens with zero attached hydrogens (tertiary/aromatic N) is 1. The summed E-state index contributed by atoms with van der Waals surface area (Å²) in [6.45, 7) is 5.70. The highest BCUT2D eigenvalue weighted by atomic mass is 31.2. The molecular formula is C15H25N2O6P. The molecule has 2 unspecified atom stereocenters. The number of phosphoric acid groups is 1. The van der Waals surface area contributed by atoms with E-state index in [0.29, 0.717) is 6.54 Å². The molecule has 2 atom stereocenters. The molecule has 1 rings (SSSR count). The summed E-state index contributed by atoms with van der Waals surface area (Å²) in [5, 5.41) is 10.5. The SMILES string of the molecule is CC(C)CNN(C(=O)O)C(Cc1ccccc1)C(C)OP(=O)(O)O. The van der Waals surface area contributed by atoms with Crippen molar-refractivity contribution in [1.29, 1.82) is 0 Å². The van der Waals surface area contributed by atoms with Crippen LogP contribution in [0.15, 0.2) is 30.3 Å². The first-order chi connectivity index (χ1) is 11.1. The summed E-state index contributed by atoms with van der Waals surface area (Å²) in [5.41, 5.74) is 3.64. The Labute approximate surface area is 141 Å². The lowest BCUT2D eigenvalue weighted by atomic mass is 10.0. The van der Waals surface area contributed by atoms with Crippen molar-refractivity contribution in [2.45, 2.75) is 39.3 Å². The molecule has 8 nitrogen and oxygen atoms in total. The fourth-order valence-corrected chi connectivity index (χ4v) is 2.79. The van der Waals surface area contributed by atoms with E-state index < -0.39 is 26.1 Å². The van der Waals surface area contributed by atoms with Crippen molar-refractivity contribution in [2.75, 3.05) is 6.54 Å². The molecule has 0 heterocycles. The van der Waals surface area contributed by atoms with Crippen LogP contribution in [-0.4, -0.2) is 44.7 Å². The molecule has 1 aromatic carbocycles. The van der Waals surface area contributed by atoms with Crippen LogP contribution < -0.4 is 5.43 Å². The third kappa shape index (κ3) is 7.42.